The predicted molar refractivity (Wildman–Crippen MR) is 106 cm³/mol. The molecule has 4 nitrogen and oxygen atoms in total. The van der Waals surface area contributed by atoms with E-state index in [0.29, 0.717) is 18.4 Å². The molecule has 0 spiro atoms. The number of nitrogens with one attached hydrogen (secondary N) is 1. The quantitative estimate of drug-likeness (QED) is 0.285. The maximum atomic E-state index is 5.87. The SMILES string of the molecule is CCC(C)c1ccc(NC(N)=NCCCOC(C)C)cc1.I. The van der Waals surface area contributed by atoms with E-state index in [1.54, 1.807) is 0 Å². The van der Waals surface area contributed by atoms with Crippen LogP contribution in [0.3, 0.4) is 0 Å². The molecule has 0 aliphatic rings. The molecule has 1 atom stereocenters. The molecule has 0 amide bonds. The Balaban J connectivity index is 0.00000441. The van der Waals surface area contributed by atoms with Crippen molar-refractivity contribution in [1.82, 2.24) is 0 Å². The second-order valence-electron chi connectivity index (χ2n) is 5.60. The molecule has 126 valence electrons. The molecule has 0 aliphatic carbocycles. The Hall–Kier alpha value is -0.820. The molecule has 0 saturated carbocycles. The molecule has 22 heavy (non-hydrogen) atoms. The number of nitrogens with two attached hydrogens (primary N) is 1. The van der Waals surface area contributed by atoms with Crippen LogP contribution in [0.25, 0.3) is 0 Å². The Morgan fingerprint density at radius 2 is 1.86 bits per heavy atom. The maximum Gasteiger partial charge on any atom is 0.193 e. The van der Waals surface area contributed by atoms with Gasteiger partial charge in [0.1, 0.15) is 0 Å². The fraction of sp³-hybridized carbons (Fsp3) is 0.588. The molecule has 1 rings (SSSR count). The number of benzene rings is 1. The molecule has 0 aromatic heterocycles. The van der Waals surface area contributed by atoms with E-state index in [2.05, 4.69) is 36.3 Å². The van der Waals surface area contributed by atoms with Crippen molar-refractivity contribution < 1.29 is 4.74 Å². The first kappa shape index (κ1) is 21.2. The predicted octanol–water partition coefficient (Wildman–Crippen LogP) is 4.36. The fourth-order valence-electron chi connectivity index (χ4n) is 1.90. The lowest BCUT2D eigenvalue weighted by molar-refractivity contribution is 0.0783. The van der Waals surface area contributed by atoms with Crippen LogP contribution < -0.4 is 11.1 Å². The van der Waals surface area contributed by atoms with E-state index < -0.39 is 0 Å². The van der Waals surface area contributed by atoms with Gasteiger partial charge in [-0.2, -0.15) is 0 Å². The fourth-order valence-corrected chi connectivity index (χ4v) is 1.90. The number of guanidine groups is 1. The number of rotatable bonds is 8. The molecule has 0 heterocycles. The minimum absolute atomic E-state index is 0. The third kappa shape index (κ3) is 8.58. The van der Waals surface area contributed by atoms with Crippen molar-refractivity contribution in [2.24, 2.45) is 10.7 Å². The highest BCUT2D eigenvalue weighted by Gasteiger charge is 2.02. The van der Waals surface area contributed by atoms with Crippen LogP contribution in [-0.2, 0) is 4.74 Å². The third-order valence-electron chi connectivity index (χ3n) is 3.40. The second-order valence-corrected chi connectivity index (χ2v) is 5.60. The molecule has 0 radical (unpaired) electrons. The van der Waals surface area contributed by atoms with Gasteiger partial charge in [0.05, 0.1) is 6.10 Å². The summed E-state index contributed by atoms with van der Waals surface area (Å²) in [5.41, 5.74) is 8.19. The smallest absolute Gasteiger partial charge is 0.193 e. The van der Waals surface area contributed by atoms with Gasteiger partial charge in [-0.15, -0.1) is 24.0 Å². The molecule has 0 aliphatic heterocycles. The van der Waals surface area contributed by atoms with Crippen molar-refractivity contribution in [3.63, 3.8) is 0 Å². The number of aliphatic imine (C=N–C) groups is 1. The van der Waals surface area contributed by atoms with E-state index >= 15 is 0 Å². The van der Waals surface area contributed by atoms with Crippen molar-refractivity contribution in [3.8, 4) is 0 Å². The van der Waals surface area contributed by atoms with E-state index in [1.807, 2.05) is 26.0 Å². The average Bonchev–Trinajstić information content (AvgIpc) is 2.46. The molecular weight excluding hydrogens is 389 g/mol. The van der Waals surface area contributed by atoms with Gasteiger partial charge in [-0.1, -0.05) is 26.0 Å². The summed E-state index contributed by atoms with van der Waals surface area (Å²) in [6.45, 7) is 9.89. The lowest BCUT2D eigenvalue weighted by Gasteiger charge is -2.11. The van der Waals surface area contributed by atoms with Gasteiger partial charge >= 0.3 is 0 Å². The Morgan fingerprint density at radius 1 is 1.23 bits per heavy atom. The highest BCUT2D eigenvalue weighted by atomic mass is 127. The zero-order valence-electron chi connectivity index (χ0n) is 14.1. The van der Waals surface area contributed by atoms with Gasteiger partial charge in [-0.3, -0.25) is 4.99 Å². The van der Waals surface area contributed by atoms with Crippen molar-refractivity contribution >= 4 is 35.6 Å². The number of anilines is 1. The molecular formula is C17H30IN3O. The minimum Gasteiger partial charge on any atom is -0.379 e. The lowest BCUT2D eigenvalue weighted by atomic mass is 9.99. The number of halogens is 1. The summed E-state index contributed by atoms with van der Waals surface area (Å²) in [4.78, 5) is 4.29. The molecule has 1 unspecified atom stereocenters. The van der Waals surface area contributed by atoms with Crippen molar-refractivity contribution in [2.45, 2.75) is 52.6 Å². The van der Waals surface area contributed by atoms with Crippen LogP contribution in [0.5, 0.6) is 0 Å². The van der Waals surface area contributed by atoms with Crippen molar-refractivity contribution in [3.05, 3.63) is 29.8 Å². The standard InChI is InChI=1S/C17H29N3O.HI/c1-5-14(4)15-7-9-16(10-8-15)20-17(18)19-11-6-12-21-13(2)3;/h7-10,13-14H,5-6,11-12H2,1-4H3,(H3,18,19,20);1H. The zero-order chi connectivity index (χ0) is 15.7. The first-order chi connectivity index (χ1) is 10.0. The van der Waals surface area contributed by atoms with E-state index in [0.717, 1.165) is 25.1 Å². The summed E-state index contributed by atoms with van der Waals surface area (Å²) >= 11 is 0. The minimum atomic E-state index is 0. The van der Waals surface area contributed by atoms with Gasteiger partial charge < -0.3 is 15.8 Å². The van der Waals surface area contributed by atoms with Crippen LogP contribution in [0.1, 0.15) is 52.0 Å². The average molecular weight is 419 g/mol. The summed E-state index contributed by atoms with van der Waals surface area (Å²) in [5, 5.41) is 3.11. The topological polar surface area (TPSA) is 59.6 Å². The number of hydrogen-bond donors (Lipinski definition) is 2. The molecule has 5 heteroatoms. The van der Waals surface area contributed by atoms with Gasteiger partial charge in [-0.25, -0.2) is 0 Å². The third-order valence-corrected chi connectivity index (χ3v) is 3.40. The van der Waals surface area contributed by atoms with E-state index in [-0.39, 0.29) is 30.1 Å². The van der Waals surface area contributed by atoms with Gasteiger partial charge in [0.25, 0.3) is 0 Å². The Bertz CT molecular complexity index is 432. The molecule has 0 fully saturated rings. The summed E-state index contributed by atoms with van der Waals surface area (Å²) < 4.78 is 5.46. The van der Waals surface area contributed by atoms with Gasteiger partial charge in [0.15, 0.2) is 5.96 Å². The summed E-state index contributed by atoms with van der Waals surface area (Å²) in [5.74, 6) is 1.04. The first-order valence-corrected chi connectivity index (χ1v) is 7.81. The van der Waals surface area contributed by atoms with Crippen LogP contribution >= 0.6 is 24.0 Å². The summed E-state index contributed by atoms with van der Waals surface area (Å²) in [6, 6.07) is 8.37. The van der Waals surface area contributed by atoms with Crippen LogP contribution in [-0.4, -0.2) is 25.2 Å². The Morgan fingerprint density at radius 3 is 2.41 bits per heavy atom. The van der Waals surface area contributed by atoms with Crippen LogP contribution in [0, 0.1) is 0 Å². The van der Waals surface area contributed by atoms with E-state index in [9.17, 15) is 0 Å². The molecule has 0 saturated heterocycles. The number of nitrogens with zero attached hydrogens (tertiary/aromatic N) is 1. The molecule has 3 N–H and O–H groups in total. The monoisotopic (exact) mass is 419 g/mol. The van der Waals surface area contributed by atoms with Gasteiger partial charge in [-0.05, 0) is 50.3 Å². The van der Waals surface area contributed by atoms with Crippen LogP contribution in [0.4, 0.5) is 5.69 Å². The Labute approximate surface area is 151 Å². The Kier molecular flexibility index (Phi) is 11.3. The van der Waals surface area contributed by atoms with Crippen LogP contribution in [0.2, 0.25) is 0 Å². The van der Waals surface area contributed by atoms with E-state index in [1.165, 1.54) is 5.56 Å². The largest absolute Gasteiger partial charge is 0.379 e. The van der Waals surface area contributed by atoms with Crippen LogP contribution in [0.15, 0.2) is 29.3 Å². The highest BCUT2D eigenvalue weighted by molar-refractivity contribution is 14.0. The normalized spacial score (nSPS) is 12.9. The van der Waals surface area contributed by atoms with Gasteiger partial charge in [0.2, 0.25) is 0 Å². The number of ether oxygens (including phenoxy) is 1. The summed E-state index contributed by atoms with van der Waals surface area (Å²) in [6.07, 6.45) is 2.30. The van der Waals surface area contributed by atoms with Crippen molar-refractivity contribution in [2.75, 3.05) is 18.5 Å². The zero-order valence-corrected chi connectivity index (χ0v) is 16.5. The maximum absolute atomic E-state index is 5.87. The van der Waals surface area contributed by atoms with Crippen molar-refractivity contribution in [1.29, 1.82) is 0 Å². The first-order valence-electron chi connectivity index (χ1n) is 7.81. The lowest BCUT2D eigenvalue weighted by Crippen LogP contribution is -2.23. The molecule has 1 aromatic rings. The van der Waals surface area contributed by atoms with Gasteiger partial charge in [0, 0.05) is 18.8 Å². The highest BCUT2D eigenvalue weighted by Crippen LogP contribution is 2.20. The summed E-state index contributed by atoms with van der Waals surface area (Å²) in [7, 11) is 0. The number of hydrogen-bond acceptors (Lipinski definition) is 2. The second kappa shape index (κ2) is 11.7. The molecule has 0 bridgehead atoms. The molecule has 1 aromatic carbocycles. The van der Waals surface area contributed by atoms with E-state index in [4.69, 9.17) is 10.5 Å².